The molecule has 10 heterocycles. The summed E-state index contributed by atoms with van der Waals surface area (Å²) >= 11 is 0. The minimum atomic E-state index is -1.18. The lowest BCUT2D eigenvalue weighted by Gasteiger charge is -2.36. The zero-order chi connectivity index (χ0) is 76.7. The highest BCUT2D eigenvalue weighted by Gasteiger charge is 2.55. The highest BCUT2D eigenvalue weighted by Crippen LogP contribution is 2.55. The first-order valence-electron chi connectivity index (χ1n) is 34.7. The lowest BCUT2D eigenvalue weighted by atomic mass is 9.64. The van der Waals surface area contributed by atoms with E-state index in [9.17, 15) is 48.6 Å². The summed E-state index contributed by atoms with van der Waals surface area (Å²) in [6.45, 7) is 23.7. The second-order valence-corrected chi connectivity index (χ2v) is 27.4. The van der Waals surface area contributed by atoms with Gasteiger partial charge in [0, 0.05) is 104 Å². The summed E-state index contributed by atoms with van der Waals surface area (Å²) in [6, 6.07) is 15.3. The maximum absolute atomic E-state index is 13.7. The largest absolute Gasteiger partial charge is 0.481 e. The van der Waals surface area contributed by atoms with Gasteiger partial charge in [-0.1, -0.05) is 56.5 Å². The lowest BCUT2D eigenvalue weighted by Crippen LogP contribution is -2.42. The molecule has 6 atom stereocenters. The van der Waals surface area contributed by atoms with E-state index in [4.69, 9.17) is 48.4 Å². The van der Waals surface area contributed by atoms with Crippen LogP contribution in [0.15, 0.2) is 97.1 Å². The number of aliphatic carboxylic acids is 2. The fourth-order valence-corrected chi connectivity index (χ4v) is 15.7. The van der Waals surface area contributed by atoms with Crippen molar-refractivity contribution in [2.24, 2.45) is 11.8 Å². The molecule has 0 amide bonds. The summed E-state index contributed by atoms with van der Waals surface area (Å²) in [7, 11) is 7.80. The van der Waals surface area contributed by atoms with E-state index < -0.39 is 58.5 Å². The molecule has 6 aromatic rings. The van der Waals surface area contributed by atoms with Gasteiger partial charge in [-0.2, -0.15) is 0 Å². The number of ether oxygens (including phenoxy) is 6. The molecule has 12 rings (SSSR count). The van der Waals surface area contributed by atoms with Gasteiger partial charge in [0.1, 0.15) is 11.8 Å². The first-order valence-corrected chi connectivity index (χ1v) is 34.7. The van der Waals surface area contributed by atoms with Gasteiger partial charge < -0.3 is 58.6 Å². The van der Waals surface area contributed by atoms with Crippen LogP contribution in [0.5, 0.6) is 0 Å². The summed E-state index contributed by atoms with van der Waals surface area (Å²) in [4.78, 5) is 136. The predicted molar refractivity (Wildman–Crippen MR) is 401 cm³/mol. The molecular weight excluding hydrogens is 1350 g/mol. The summed E-state index contributed by atoms with van der Waals surface area (Å²) in [5, 5.41) is 19.3. The average Bonchev–Trinajstić information content (AvgIpc) is 1.58. The highest BCUT2D eigenvalue weighted by atomic mass is 16.5. The lowest BCUT2D eigenvalue weighted by molar-refractivity contribution is -0.149. The SMILES string of the molecule is C=Cc1c(C)c2cc3nc(cc4[nH]c(cc5nc(cc1[nH]2)C(C)=C5CCC(=O)OC)c(CCC(=O)O)c4C)[C@@]1(C)C3=CC=C(C(=O)OC)[C@H]1C(=O)OC.C=Cc1c(C)c2cc3nc(cc4[nH]c(cc5nc(cc1[nH]2)C(C)C5CCC(=O)O)c(CCC(=O)OC)c4C)[C@@]1(C)C3=CC=C(C(=O)OC)[C@H]1C(=O)OC. The Morgan fingerprint density at radius 2 is 0.877 bits per heavy atom. The number of hydrogen-bond donors (Lipinski definition) is 6. The number of rotatable bonds is 18. The van der Waals surface area contributed by atoms with Gasteiger partial charge in [-0.15, -0.1) is 0 Å². The number of nitrogens with zero attached hydrogens (tertiary/aromatic N) is 4. The fraction of sp³-hybridized carbons (Fsp3) is 0.341. The van der Waals surface area contributed by atoms with Gasteiger partial charge in [0.25, 0.3) is 0 Å². The van der Waals surface area contributed by atoms with E-state index in [-0.39, 0.29) is 67.0 Å². The van der Waals surface area contributed by atoms with Crippen molar-refractivity contribution in [3.05, 3.63) is 187 Å². The normalized spacial score (nSPS) is 19.1. The third-order valence-electron chi connectivity index (χ3n) is 21.9. The van der Waals surface area contributed by atoms with Crippen LogP contribution in [0.25, 0.3) is 78.6 Å². The van der Waals surface area contributed by atoms with Crippen LogP contribution < -0.4 is 0 Å². The number of aryl methyl sites for hydroxylation is 6. The maximum atomic E-state index is 13.7. The molecule has 16 bridgehead atoms. The molecule has 550 valence electrons. The molecule has 0 saturated carbocycles. The number of allylic oxidation sites excluding steroid dienone is 8. The van der Waals surface area contributed by atoms with E-state index in [0.717, 1.165) is 89.1 Å². The van der Waals surface area contributed by atoms with Gasteiger partial charge in [0.05, 0.1) is 98.8 Å². The van der Waals surface area contributed by atoms with E-state index in [1.54, 1.807) is 30.4 Å². The number of aromatic amines is 4. The van der Waals surface area contributed by atoms with Crippen LogP contribution in [0.3, 0.4) is 0 Å². The van der Waals surface area contributed by atoms with E-state index in [1.165, 1.54) is 42.7 Å². The molecule has 106 heavy (non-hydrogen) atoms. The Hall–Kier alpha value is -11.8. The van der Waals surface area contributed by atoms with E-state index in [0.29, 0.717) is 86.6 Å². The van der Waals surface area contributed by atoms with Gasteiger partial charge in [-0.05, 0) is 178 Å². The smallest absolute Gasteiger partial charge is 0.334 e. The van der Waals surface area contributed by atoms with Crippen LogP contribution in [0, 0.1) is 39.5 Å². The zero-order valence-corrected chi connectivity index (χ0v) is 61.9. The molecule has 6 N–H and O–H groups in total. The van der Waals surface area contributed by atoms with Crippen molar-refractivity contribution in [1.82, 2.24) is 39.9 Å². The number of hydrogen-bond acceptors (Lipinski definition) is 18. The van der Waals surface area contributed by atoms with Crippen molar-refractivity contribution < 1.29 is 77.0 Å². The Balaban J connectivity index is 0.000000212. The molecule has 0 fully saturated rings. The second-order valence-electron chi connectivity index (χ2n) is 27.4. The maximum Gasteiger partial charge on any atom is 0.334 e. The van der Waals surface area contributed by atoms with Crippen LogP contribution in [0.2, 0.25) is 0 Å². The predicted octanol–water partition coefficient (Wildman–Crippen LogP) is 13.4. The minimum absolute atomic E-state index is 0.0258. The number of carboxylic acids is 2. The molecule has 2 aliphatic carbocycles. The van der Waals surface area contributed by atoms with Crippen molar-refractivity contribution in [2.75, 3.05) is 42.7 Å². The van der Waals surface area contributed by atoms with Crippen LogP contribution >= 0.6 is 0 Å². The first-order chi connectivity index (χ1) is 50.5. The van der Waals surface area contributed by atoms with Crippen molar-refractivity contribution >= 4 is 126 Å². The Kier molecular flexibility index (Phi) is 21.4. The Morgan fingerprint density at radius 3 is 1.33 bits per heavy atom. The summed E-state index contributed by atoms with van der Waals surface area (Å²) in [6.07, 6.45) is 11.8. The van der Waals surface area contributed by atoms with Crippen molar-refractivity contribution in [3.63, 3.8) is 0 Å². The molecule has 0 saturated heterocycles. The molecule has 6 aliphatic rings. The standard InChI is InChI=1S/C41H42N4O8.C41H44N4O8/c1-9-23-20(2)29-17-34-27-13-10-26(39(49)52-7)38(40(50)53-8)41(27,5)35(45-34)19-30-22(4)24(11-14-36(46)47)32(44-30)18-33-25(12-15-37(48)51-6)21(3)28(43-33)16-31(23)42-29;1-9-23-20(2)29-17-34-27-13-10-26(39(49)52-7)38(40(50)53-8)41(27,5)35(45-34)19-30-22(4)25(12-15-37(48)51-6)33(44-30)18-32-24(11-14-36(46)47)21(3)28(43-32)16-31(23)42-29/h9-10,13,16-19,38,42,44H,1,11-12,14-15H2,2-8H3,(H,46,47);9-10,13,16-19,21,24,38,42,44H,1,11-12,14-15H2,2-8H3,(H,46,47)/t38-,41+;21?,24?,38-,41+/m00/s1. The van der Waals surface area contributed by atoms with Crippen molar-refractivity contribution in [3.8, 4) is 0 Å². The molecule has 24 nitrogen and oxygen atoms in total. The molecule has 2 unspecified atom stereocenters. The topological polar surface area (TPSA) is 347 Å². The number of aromatic nitrogens is 8. The fourth-order valence-electron chi connectivity index (χ4n) is 15.7. The Bertz CT molecular complexity index is 5320. The molecule has 4 aliphatic heterocycles. The summed E-state index contributed by atoms with van der Waals surface area (Å²) < 4.78 is 30.7. The third-order valence-corrected chi connectivity index (χ3v) is 21.9. The molecule has 0 radical (unpaired) electrons. The van der Waals surface area contributed by atoms with Crippen LogP contribution in [-0.2, 0) is 90.4 Å². The van der Waals surface area contributed by atoms with Crippen LogP contribution in [0.4, 0.5) is 0 Å². The Morgan fingerprint density at radius 1 is 0.462 bits per heavy atom. The second kappa shape index (κ2) is 30.1. The average molecular weight is 1440 g/mol. The van der Waals surface area contributed by atoms with Gasteiger partial charge in [-0.3, -0.25) is 43.7 Å². The van der Waals surface area contributed by atoms with Crippen molar-refractivity contribution in [1.29, 1.82) is 0 Å². The van der Waals surface area contributed by atoms with Crippen molar-refractivity contribution in [2.45, 2.75) is 129 Å². The third kappa shape index (κ3) is 13.5. The van der Waals surface area contributed by atoms with Gasteiger partial charge in [-0.25, -0.2) is 14.6 Å². The quantitative estimate of drug-likeness (QED) is 0.0344. The summed E-state index contributed by atoms with van der Waals surface area (Å²) in [5.41, 5.74) is 18.7. The molecule has 0 aromatic carbocycles. The number of H-pyrrole nitrogens is 4. The number of carboxylic acid groups (broad SMARTS) is 2. The highest BCUT2D eigenvalue weighted by molar-refractivity contribution is 6.04. The van der Waals surface area contributed by atoms with E-state index in [1.807, 2.05) is 103 Å². The number of nitrogens with one attached hydrogen (secondary N) is 4. The first kappa shape index (κ1) is 75.3. The monoisotopic (exact) mass is 1440 g/mol. The number of fused-ring (bicyclic) bond motifs is 22. The minimum Gasteiger partial charge on any atom is -0.481 e. The van der Waals surface area contributed by atoms with Gasteiger partial charge in [0.15, 0.2) is 0 Å². The molecule has 0 spiro atoms. The van der Waals surface area contributed by atoms with Gasteiger partial charge >= 0.3 is 47.8 Å². The molecule has 6 aromatic heterocycles. The Labute approximate surface area is 611 Å². The van der Waals surface area contributed by atoms with E-state index in [2.05, 4.69) is 40.0 Å². The summed E-state index contributed by atoms with van der Waals surface area (Å²) in [5.74, 6) is -7.57. The number of carbonyl (C=O) groups is 8. The number of carbonyl (C=O) groups excluding carboxylic acids is 6. The van der Waals surface area contributed by atoms with Gasteiger partial charge in [0.2, 0.25) is 0 Å². The van der Waals surface area contributed by atoms with E-state index >= 15 is 0 Å². The number of methoxy groups -OCH3 is 6. The molecule has 24 heteroatoms. The number of esters is 6. The van der Waals surface area contributed by atoms with Crippen LogP contribution in [-0.4, -0.2) is 140 Å². The molecular formula is C82H86N8O16. The van der Waals surface area contributed by atoms with Crippen LogP contribution in [0.1, 0.15) is 168 Å². The zero-order valence-electron chi connectivity index (χ0n) is 61.9.